The Balaban J connectivity index is 0.00000272. The van der Waals surface area contributed by atoms with Gasteiger partial charge in [-0.05, 0) is 73.1 Å². The number of hydrogen-bond donors (Lipinski definition) is 2. The third kappa shape index (κ3) is 6.25. The zero-order valence-corrected chi connectivity index (χ0v) is 20.8. The van der Waals surface area contributed by atoms with E-state index >= 15 is 0 Å². The van der Waals surface area contributed by atoms with Crippen LogP contribution in [-0.2, 0) is 17.6 Å². The predicted molar refractivity (Wildman–Crippen MR) is 117 cm³/mol. The van der Waals surface area contributed by atoms with Gasteiger partial charge in [0, 0.05) is 48.3 Å². The van der Waals surface area contributed by atoms with E-state index in [0.717, 1.165) is 37.9 Å². The van der Waals surface area contributed by atoms with Crippen LogP contribution in [0.4, 0.5) is 5.69 Å². The number of benzene rings is 2. The van der Waals surface area contributed by atoms with Crippen LogP contribution in [0.3, 0.4) is 0 Å². The van der Waals surface area contributed by atoms with Crippen molar-refractivity contribution in [2.45, 2.75) is 44.2 Å². The summed E-state index contributed by atoms with van der Waals surface area (Å²) in [5.74, 6) is -1.24. The van der Waals surface area contributed by atoms with Crippen LogP contribution in [0.5, 0.6) is 0 Å². The third-order valence-electron chi connectivity index (χ3n) is 6.47. The molecule has 0 saturated carbocycles. The zero-order valence-electron chi connectivity index (χ0n) is 18.0. The van der Waals surface area contributed by atoms with Crippen LogP contribution in [0.25, 0.3) is 0 Å². The van der Waals surface area contributed by atoms with Gasteiger partial charge in [0.2, 0.25) is 0 Å². The molecule has 0 spiro atoms. The molecule has 1 saturated heterocycles. The number of aliphatic hydroxyl groups is 1. The molecule has 160 valence electrons. The minimum atomic E-state index is -0.921. The maximum absolute atomic E-state index is 11.1. The average molecular weight is 451 g/mol. The number of carboxylic acid groups (broad SMARTS) is 1. The van der Waals surface area contributed by atoms with Crippen molar-refractivity contribution in [2.24, 2.45) is 5.92 Å². The largest absolute Gasteiger partial charge is 1.00 e. The number of nitrogens with one attached hydrogen (secondary N) is 1. The Morgan fingerprint density at radius 2 is 1.84 bits per heavy atom. The van der Waals surface area contributed by atoms with Gasteiger partial charge in [-0.25, -0.2) is 0 Å². The fourth-order valence-corrected chi connectivity index (χ4v) is 4.69. The number of hydrogen-bond acceptors (Lipinski definition) is 5. The zero-order chi connectivity index (χ0) is 21.1. The molecular weight excluding hydrogens is 423 g/mol. The summed E-state index contributed by atoms with van der Waals surface area (Å²) in [5.41, 5.74) is 4.77. The number of halogens is 1. The Morgan fingerprint density at radius 1 is 1.13 bits per heavy atom. The molecule has 1 aliphatic heterocycles. The van der Waals surface area contributed by atoms with Gasteiger partial charge in [0.25, 0.3) is 0 Å². The van der Waals surface area contributed by atoms with E-state index in [4.69, 9.17) is 11.6 Å². The summed E-state index contributed by atoms with van der Waals surface area (Å²) >= 11 is 5.92. The Kier molecular flexibility index (Phi) is 8.85. The first kappa shape index (κ1) is 24.6. The molecule has 0 unspecified atom stereocenters. The second-order valence-electron chi connectivity index (χ2n) is 8.45. The smallest absolute Gasteiger partial charge is 0.550 e. The number of carbonyl (C=O) groups excluding carboxylic acids is 1. The summed E-state index contributed by atoms with van der Waals surface area (Å²) in [7, 11) is 0. The van der Waals surface area contributed by atoms with Crippen LogP contribution in [-0.4, -0.2) is 36.8 Å². The van der Waals surface area contributed by atoms with Crippen molar-refractivity contribution in [3.8, 4) is 0 Å². The molecule has 31 heavy (non-hydrogen) atoms. The molecule has 4 rings (SSSR count). The summed E-state index contributed by atoms with van der Waals surface area (Å²) in [6, 6.07) is 14.3. The van der Waals surface area contributed by atoms with Gasteiger partial charge < -0.3 is 25.2 Å². The second kappa shape index (κ2) is 11.2. The Hall–Kier alpha value is -1.08. The molecule has 1 heterocycles. The SMILES string of the molecule is O=C([O-])C1CCN(c2ccc3c(c2)C[C@@H](NC[C@@H](O)c2ccc(Cl)cc2)CC3)CC1.[Na+]. The van der Waals surface area contributed by atoms with Crippen molar-refractivity contribution >= 4 is 23.3 Å². The van der Waals surface area contributed by atoms with Crippen molar-refractivity contribution in [3.05, 3.63) is 64.2 Å². The van der Waals surface area contributed by atoms with Crippen molar-refractivity contribution in [3.63, 3.8) is 0 Å². The quantitative estimate of drug-likeness (QED) is 0.580. The van der Waals surface area contributed by atoms with Crippen LogP contribution < -0.4 is 44.9 Å². The number of aliphatic carboxylic acids is 1. The molecule has 2 N–H and O–H groups in total. The molecule has 0 aromatic heterocycles. The van der Waals surface area contributed by atoms with E-state index in [0.29, 0.717) is 30.5 Å². The van der Waals surface area contributed by atoms with Crippen molar-refractivity contribution in [1.82, 2.24) is 5.32 Å². The first-order valence-electron chi connectivity index (χ1n) is 10.7. The Morgan fingerprint density at radius 3 is 2.52 bits per heavy atom. The van der Waals surface area contributed by atoms with Crippen molar-refractivity contribution in [2.75, 3.05) is 24.5 Å². The molecule has 7 heteroatoms. The van der Waals surface area contributed by atoms with Gasteiger partial charge in [-0.3, -0.25) is 0 Å². The summed E-state index contributed by atoms with van der Waals surface area (Å²) < 4.78 is 0. The number of carboxylic acids is 1. The molecule has 0 radical (unpaired) electrons. The number of rotatable bonds is 6. The summed E-state index contributed by atoms with van der Waals surface area (Å²) in [6.45, 7) is 2.02. The maximum Gasteiger partial charge on any atom is 1.00 e. The minimum absolute atomic E-state index is 0. The fraction of sp³-hybridized carbons (Fsp3) is 0.458. The summed E-state index contributed by atoms with van der Waals surface area (Å²) in [4.78, 5) is 13.4. The molecule has 2 aromatic rings. The third-order valence-corrected chi connectivity index (χ3v) is 6.72. The van der Waals surface area contributed by atoms with Gasteiger partial charge in [-0.2, -0.15) is 0 Å². The number of anilines is 1. The van der Waals surface area contributed by atoms with Crippen LogP contribution in [0.1, 0.15) is 42.1 Å². The van der Waals surface area contributed by atoms with Crippen LogP contribution >= 0.6 is 11.6 Å². The topological polar surface area (TPSA) is 75.6 Å². The van der Waals surface area contributed by atoms with E-state index in [-0.39, 0.29) is 35.5 Å². The van der Waals surface area contributed by atoms with E-state index in [1.165, 1.54) is 16.8 Å². The van der Waals surface area contributed by atoms with Crippen LogP contribution in [0, 0.1) is 5.92 Å². The number of nitrogens with zero attached hydrogens (tertiary/aromatic N) is 1. The van der Waals surface area contributed by atoms with Crippen LogP contribution in [0.2, 0.25) is 5.02 Å². The number of piperidine rings is 1. The Labute approximate surface area is 211 Å². The molecular formula is C24H28ClN2NaO3. The van der Waals surface area contributed by atoms with Crippen molar-refractivity contribution in [1.29, 1.82) is 0 Å². The molecule has 1 aliphatic carbocycles. The molecule has 0 bridgehead atoms. The summed E-state index contributed by atoms with van der Waals surface area (Å²) in [5, 5.41) is 25.7. The number of carbonyl (C=O) groups is 1. The normalized spacial score (nSPS) is 19.9. The van der Waals surface area contributed by atoms with E-state index in [2.05, 4.69) is 28.4 Å². The van der Waals surface area contributed by atoms with Gasteiger partial charge in [0.15, 0.2) is 0 Å². The first-order chi connectivity index (χ1) is 14.5. The number of fused-ring (bicyclic) bond motifs is 1. The first-order valence-corrected chi connectivity index (χ1v) is 11.1. The van der Waals surface area contributed by atoms with E-state index in [9.17, 15) is 15.0 Å². The summed E-state index contributed by atoms with van der Waals surface area (Å²) in [6.07, 6.45) is 3.75. The molecule has 0 amide bonds. The fourth-order valence-electron chi connectivity index (χ4n) is 4.57. The van der Waals surface area contributed by atoms with E-state index in [1.54, 1.807) is 12.1 Å². The molecule has 5 nitrogen and oxygen atoms in total. The van der Waals surface area contributed by atoms with Crippen molar-refractivity contribution < 1.29 is 44.6 Å². The maximum atomic E-state index is 11.1. The van der Waals surface area contributed by atoms with Gasteiger partial charge >= 0.3 is 29.6 Å². The predicted octanol–water partition coefficient (Wildman–Crippen LogP) is -0.509. The van der Waals surface area contributed by atoms with Gasteiger partial charge in [0.05, 0.1) is 6.10 Å². The molecule has 2 aromatic carbocycles. The standard InChI is InChI=1S/C24H29ClN2O3.Na/c25-20-5-1-17(2-6-20)23(28)15-26-21-7-3-16-4-8-22(14-19(16)13-21)27-11-9-18(10-12-27)24(29)30;/h1-2,4-6,8,14,18,21,23,26,28H,3,7,9-13,15H2,(H,29,30);/q;+1/p-1/t21-,23+;/m0./s1. The van der Waals surface area contributed by atoms with E-state index < -0.39 is 12.1 Å². The molecule has 2 aliphatic rings. The minimum Gasteiger partial charge on any atom is -0.550 e. The number of aryl methyl sites for hydroxylation is 1. The van der Waals surface area contributed by atoms with Gasteiger partial charge in [-0.1, -0.05) is 29.8 Å². The number of aliphatic hydroxyl groups excluding tert-OH is 1. The second-order valence-corrected chi connectivity index (χ2v) is 8.89. The van der Waals surface area contributed by atoms with Gasteiger partial charge in [0.1, 0.15) is 0 Å². The average Bonchev–Trinajstić information content (AvgIpc) is 2.77. The van der Waals surface area contributed by atoms with E-state index in [1.807, 2.05) is 12.1 Å². The Bertz CT molecular complexity index is 885. The molecule has 2 atom stereocenters. The van der Waals surface area contributed by atoms with Gasteiger partial charge in [-0.15, -0.1) is 0 Å². The molecule has 1 fully saturated rings. The van der Waals surface area contributed by atoms with Crippen LogP contribution in [0.15, 0.2) is 42.5 Å². The monoisotopic (exact) mass is 450 g/mol.